The monoisotopic (exact) mass is 1290 g/mol. The number of hydrogen-bond acceptors (Lipinski definition) is 18. The molecule has 3 rings (SSSR count). The average Bonchev–Trinajstić information content (AvgIpc) is 1.05. The third-order valence-corrected chi connectivity index (χ3v) is 16.9. The van der Waals surface area contributed by atoms with E-state index in [1.165, 1.54) is 96.3 Å². The van der Waals surface area contributed by atoms with Crippen molar-refractivity contribution in [3.63, 3.8) is 0 Å². The van der Waals surface area contributed by atoms with Gasteiger partial charge < -0.3 is 89.9 Å². The van der Waals surface area contributed by atoms with Gasteiger partial charge in [0, 0.05) is 6.42 Å². The molecular formula is C72H123NO18. The molecule has 0 bridgehead atoms. The van der Waals surface area contributed by atoms with Crippen LogP contribution in [0.5, 0.6) is 0 Å². The van der Waals surface area contributed by atoms with Gasteiger partial charge in [0.25, 0.3) is 0 Å². The maximum atomic E-state index is 13.4. The van der Waals surface area contributed by atoms with Crippen molar-refractivity contribution in [3.05, 3.63) is 97.2 Å². The molecule has 3 heterocycles. The smallest absolute Gasteiger partial charge is 0.220 e. The third kappa shape index (κ3) is 34.8. The number of ether oxygens (including phenoxy) is 6. The Labute approximate surface area is 545 Å². The SMILES string of the molecule is CC/C=C\C/C=C\C/C=C\C/C=C\C/C=C\C/C=C\C/C=C\CCCCCCCCCCCCCCCC(=O)NC(COC1OC(CO)C(OC2OC(CO)C(OC3OC(CO)C(O)C(O)C3O)C(O)C2O)C(O)C1O)C(O)/C=C/CCCCCCCCCCC. The number of aliphatic hydroxyl groups excluding tert-OH is 11. The zero-order valence-corrected chi connectivity index (χ0v) is 55.3. The number of hydrogen-bond donors (Lipinski definition) is 12. The maximum Gasteiger partial charge on any atom is 0.220 e. The molecule has 3 aliphatic rings. The van der Waals surface area contributed by atoms with E-state index in [9.17, 15) is 61.0 Å². The van der Waals surface area contributed by atoms with Crippen LogP contribution in [-0.2, 0) is 33.2 Å². The summed E-state index contributed by atoms with van der Waals surface area (Å²) in [4.78, 5) is 13.4. The lowest BCUT2D eigenvalue weighted by Gasteiger charge is -2.48. The van der Waals surface area contributed by atoms with Crippen molar-refractivity contribution < 1.29 is 89.4 Å². The van der Waals surface area contributed by atoms with Crippen LogP contribution in [0.25, 0.3) is 0 Å². The van der Waals surface area contributed by atoms with Crippen molar-refractivity contribution >= 4 is 5.91 Å². The largest absolute Gasteiger partial charge is 0.394 e. The summed E-state index contributed by atoms with van der Waals surface area (Å²) < 4.78 is 34.3. The van der Waals surface area contributed by atoms with Crippen molar-refractivity contribution in [2.45, 2.75) is 324 Å². The highest BCUT2D eigenvalue weighted by Crippen LogP contribution is 2.33. The van der Waals surface area contributed by atoms with E-state index in [0.29, 0.717) is 6.42 Å². The van der Waals surface area contributed by atoms with Crippen LogP contribution in [0, 0.1) is 0 Å². The van der Waals surface area contributed by atoms with Crippen LogP contribution in [0.2, 0.25) is 0 Å². The van der Waals surface area contributed by atoms with Crippen LogP contribution < -0.4 is 5.32 Å². The average molecular weight is 1290 g/mol. The summed E-state index contributed by atoms with van der Waals surface area (Å²) in [5.41, 5.74) is 0. The number of unbranched alkanes of at least 4 members (excludes halogenated alkanes) is 22. The summed E-state index contributed by atoms with van der Waals surface area (Å²) in [7, 11) is 0. The lowest BCUT2D eigenvalue weighted by atomic mass is 9.96. The fraction of sp³-hybridized carbons (Fsp3) is 0.764. The molecule has 0 aromatic carbocycles. The summed E-state index contributed by atoms with van der Waals surface area (Å²) in [6, 6.07) is -0.977. The molecule has 17 unspecified atom stereocenters. The molecule has 91 heavy (non-hydrogen) atoms. The normalized spacial score (nSPS) is 28.5. The molecule has 0 radical (unpaired) electrons. The molecule has 19 heteroatoms. The van der Waals surface area contributed by atoms with Gasteiger partial charge in [0.2, 0.25) is 5.91 Å². The minimum absolute atomic E-state index is 0.237. The van der Waals surface area contributed by atoms with E-state index in [0.717, 1.165) is 96.3 Å². The molecule has 1 amide bonds. The molecule has 0 aliphatic carbocycles. The maximum absolute atomic E-state index is 13.4. The summed E-state index contributed by atoms with van der Waals surface area (Å²) in [6.07, 6.45) is 42.6. The van der Waals surface area contributed by atoms with Gasteiger partial charge in [-0.15, -0.1) is 0 Å². The topological polar surface area (TPSA) is 307 Å². The predicted octanol–water partition coefficient (Wildman–Crippen LogP) is 9.27. The number of aliphatic hydroxyl groups is 11. The molecule has 17 atom stereocenters. The van der Waals surface area contributed by atoms with Crippen LogP contribution in [0.3, 0.4) is 0 Å². The first-order valence-electron chi connectivity index (χ1n) is 35.0. The Bertz CT molecular complexity index is 2030. The van der Waals surface area contributed by atoms with Crippen LogP contribution in [0.4, 0.5) is 0 Å². The minimum Gasteiger partial charge on any atom is -0.394 e. The quantitative estimate of drug-likeness (QED) is 0.0199. The summed E-state index contributed by atoms with van der Waals surface area (Å²) in [5.74, 6) is -0.282. The highest BCUT2D eigenvalue weighted by atomic mass is 16.8. The van der Waals surface area contributed by atoms with Gasteiger partial charge in [0.15, 0.2) is 18.9 Å². The zero-order chi connectivity index (χ0) is 66.1. The second-order valence-electron chi connectivity index (χ2n) is 24.6. The van der Waals surface area contributed by atoms with Crippen LogP contribution in [-0.4, -0.2) is 193 Å². The Kier molecular flexibility index (Phi) is 47.7. The van der Waals surface area contributed by atoms with Gasteiger partial charge in [-0.25, -0.2) is 0 Å². The van der Waals surface area contributed by atoms with Crippen molar-refractivity contribution in [1.29, 1.82) is 0 Å². The van der Waals surface area contributed by atoms with Gasteiger partial charge in [0.1, 0.15) is 73.2 Å². The van der Waals surface area contributed by atoms with Crippen molar-refractivity contribution in [1.82, 2.24) is 5.32 Å². The first-order chi connectivity index (χ1) is 44.3. The van der Waals surface area contributed by atoms with Gasteiger partial charge >= 0.3 is 0 Å². The first kappa shape index (κ1) is 81.9. The van der Waals surface area contributed by atoms with Crippen LogP contribution in [0.15, 0.2) is 97.2 Å². The molecule has 3 saturated heterocycles. The fourth-order valence-corrected chi connectivity index (χ4v) is 11.2. The highest BCUT2D eigenvalue weighted by molar-refractivity contribution is 5.76. The van der Waals surface area contributed by atoms with E-state index in [2.05, 4.69) is 104 Å². The Morgan fingerprint density at radius 3 is 1.19 bits per heavy atom. The third-order valence-electron chi connectivity index (χ3n) is 16.9. The van der Waals surface area contributed by atoms with Crippen molar-refractivity contribution in [3.8, 4) is 0 Å². The van der Waals surface area contributed by atoms with E-state index in [1.54, 1.807) is 6.08 Å². The number of allylic oxidation sites excluding steroid dienone is 15. The molecule has 3 aliphatic heterocycles. The van der Waals surface area contributed by atoms with Gasteiger partial charge in [0.05, 0.1) is 38.6 Å². The lowest BCUT2D eigenvalue weighted by Crippen LogP contribution is -2.66. The standard InChI is InChI=1S/C72H123NO18/c1-3-5-7-9-11-13-15-16-17-18-19-20-21-22-23-24-25-26-27-28-29-30-31-32-33-34-35-36-37-38-40-42-44-46-48-50-60(78)73-55(56(77)49-47-45-43-41-39-14-12-10-8-6-4-2)54-86-70-66(84)63(81)68(58(52-75)88-70)91-72-67(85)64(82)69(59(53-76)89-72)90-71-65(83)62(80)61(79)57(51-74)87-71/h5,7,11,13,16-17,19-20,22-23,25-26,28-29,47,49,55-59,61-72,74-77,79-85H,3-4,6,8-10,12,14-15,18,21,24,27,30-46,48,50-54H2,1-2H3,(H,73,78)/b7-5-,13-11-,17-16-,20-19-,23-22-,26-25-,29-28-,49-47+. The number of carbonyl (C=O) groups excluding carboxylic acids is 1. The van der Waals surface area contributed by atoms with E-state index >= 15 is 0 Å². The second-order valence-corrected chi connectivity index (χ2v) is 24.6. The van der Waals surface area contributed by atoms with Crippen molar-refractivity contribution in [2.24, 2.45) is 0 Å². The zero-order valence-electron chi connectivity index (χ0n) is 55.3. The Morgan fingerprint density at radius 1 is 0.407 bits per heavy atom. The van der Waals surface area contributed by atoms with Crippen molar-refractivity contribution in [2.75, 3.05) is 26.4 Å². The number of amides is 1. The molecule has 0 aromatic heterocycles. The number of carbonyl (C=O) groups is 1. The highest BCUT2D eigenvalue weighted by Gasteiger charge is 2.53. The van der Waals surface area contributed by atoms with Gasteiger partial charge in [-0.1, -0.05) is 233 Å². The molecule has 19 nitrogen and oxygen atoms in total. The number of rotatable bonds is 52. The Morgan fingerprint density at radius 2 is 0.758 bits per heavy atom. The summed E-state index contributed by atoms with van der Waals surface area (Å²) in [5, 5.41) is 120. The van der Waals surface area contributed by atoms with Crippen LogP contribution in [0.1, 0.15) is 219 Å². The second kappa shape index (κ2) is 52.9. The Hall–Kier alpha value is -3.29. The molecule has 0 saturated carbocycles. The predicted molar refractivity (Wildman–Crippen MR) is 355 cm³/mol. The van der Waals surface area contributed by atoms with E-state index < -0.39 is 124 Å². The van der Waals surface area contributed by atoms with E-state index in [4.69, 9.17) is 28.4 Å². The minimum atomic E-state index is -1.98. The molecule has 524 valence electrons. The molecule has 0 aromatic rings. The number of nitrogens with one attached hydrogen (secondary N) is 1. The molecular weight excluding hydrogens is 1170 g/mol. The summed E-state index contributed by atoms with van der Waals surface area (Å²) >= 11 is 0. The van der Waals surface area contributed by atoms with E-state index in [1.807, 2.05) is 6.08 Å². The molecule has 0 spiro atoms. The Balaban J connectivity index is 1.34. The molecule has 3 fully saturated rings. The van der Waals surface area contributed by atoms with Crippen LogP contribution >= 0.6 is 0 Å². The van der Waals surface area contributed by atoms with Gasteiger partial charge in [-0.2, -0.15) is 0 Å². The van der Waals surface area contributed by atoms with E-state index in [-0.39, 0.29) is 18.9 Å². The summed E-state index contributed by atoms with van der Waals surface area (Å²) in [6.45, 7) is 1.58. The van der Waals surface area contributed by atoms with Gasteiger partial charge in [-0.3, -0.25) is 4.79 Å². The fourth-order valence-electron chi connectivity index (χ4n) is 11.2. The molecule has 12 N–H and O–H groups in total. The lowest BCUT2D eigenvalue weighted by molar-refractivity contribution is -0.379. The first-order valence-corrected chi connectivity index (χ1v) is 35.0. The van der Waals surface area contributed by atoms with Gasteiger partial charge in [-0.05, 0) is 77.0 Å².